The predicted octanol–water partition coefficient (Wildman–Crippen LogP) is 3.43. The fourth-order valence-electron chi connectivity index (χ4n) is 3.67. The van der Waals surface area contributed by atoms with Gasteiger partial charge in [-0.25, -0.2) is 17.2 Å². The van der Waals surface area contributed by atoms with Gasteiger partial charge in [-0.05, 0) is 57.1 Å². The molecule has 0 saturated carbocycles. The largest absolute Gasteiger partial charge is 0.395 e. The van der Waals surface area contributed by atoms with Crippen molar-refractivity contribution in [3.8, 4) is 0 Å². The second kappa shape index (κ2) is 12.0. The van der Waals surface area contributed by atoms with E-state index in [1.54, 1.807) is 43.1 Å². The van der Waals surface area contributed by atoms with Crippen molar-refractivity contribution in [1.29, 1.82) is 0 Å². The lowest BCUT2D eigenvalue weighted by molar-refractivity contribution is 0.0219. The van der Waals surface area contributed by atoms with Crippen molar-refractivity contribution in [2.45, 2.75) is 44.4 Å². The first-order valence-electron chi connectivity index (χ1n) is 10.8. The van der Waals surface area contributed by atoms with Gasteiger partial charge in [-0.2, -0.15) is 4.31 Å². The molecule has 2 aromatic carbocycles. The van der Waals surface area contributed by atoms with Crippen LogP contribution in [0.5, 0.6) is 0 Å². The minimum absolute atomic E-state index is 0.124. The van der Waals surface area contributed by atoms with Crippen LogP contribution in [0.15, 0.2) is 47.4 Å². The Bertz CT molecular complexity index is 1000. The van der Waals surface area contributed by atoms with E-state index >= 15 is 0 Å². The van der Waals surface area contributed by atoms with Crippen LogP contribution >= 0.6 is 0 Å². The van der Waals surface area contributed by atoms with Crippen molar-refractivity contribution < 1.29 is 27.0 Å². The quantitative estimate of drug-likeness (QED) is 0.500. The Balaban J connectivity index is 2.16. The summed E-state index contributed by atoms with van der Waals surface area (Å²) in [4.78, 5) is 1.96. The first-order chi connectivity index (χ1) is 15.5. The number of aryl methyl sites for hydroxylation is 1. The summed E-state index contributed by atoms with van der Waals surface area (Å²) in [6, 6.07) is 9.28. The monoisotopic (exact) mass is 484 g/mol. The Kier molecular flexibility index (Phi) is 9.93. The molecule has 0 aliphatic heterocycles. The Morgan fingerprint density at radius 2 is 1.70 bits per heavy atom. The second-order valence-electron chi connectivity index (χ2n) is 8.60. The number of likely N-dealkylation sites (N-methyl/N-ethyl adjacent to an activating group) is 1. The van der Waals surface area contributed by atoms with E-state index in [2.05, 4.69) is 0 Å². The Labute approximate surface area is 195 Å². The lowest BCUT2D eigenvalue weighted by Crippen LogP contribution is -2.46. The third-order valence-electron chi connectivity index (χ3n) is 5.73. The fourth-order valence-corrected chi connectivity index (χ4v) is 5.39. The molecular weight excluding hydrogens is 450 g/mol. The van der Waals surface area contributed by atoms with Crippen LogP contribution in [0.25, 0.3) is 0 Å². The van der Waals surface area contributed by atoms with Crippen molar-refractivity contribution in [2.75, 3.05) is 33.9 Å². The average molecular weight is 485 g/mol. The summed E-state index contributed by atoms with van der Waals surface area (Å²) in [6.07, 6.45) is -0.381. The summed E-state index contributed by atoms with van der Waals surface area (Å²) < 4.78 is 61.0. The van der Waals surface area contributed by atoms with Crippen LogP contribution in [0.4, 0.5) is 8.78 Å². The predicted molar refractivity (Wildman–Crippen MR) is 124 cm³/mol. The molecule has 0 radical (unpaired) electrons. The van der Waals surface area contributed by atoms with E-state index in [1.807, 2.05) is 13.8 Å². The third kappa shape index (κ3) is 7.28. The molecule has 0 unspecified atom stereocenters. The molecule has 0 saturated heterocycles. The molecular formula is C24H34F2N2O4S. The first-order valence-corrected chi connectivity index (χ1v) is 12.3. The summed E-state index contributed by atoms with van der Waals surface area (Å²) in [6.45, 7) is 5.74. The molecule has 33 heavy (non-hydrogen) atoms. The number of aliphatic hydroxyl groups excluding tert-OH is 1. The first kappa shape index (κ1) is 27.3. The molecule has 0 amide bonds. The van der Waals surface area contributed by atoms with Gasteiger partial charge in [0.2, 0.25) is 10.0 Å². The molecule has 1 N–H and O–H groups in total. The van der Waals surface area contributed by atoms with Gasteiger partial charge in [-0.15, -0.1) is 0 Å². The maximum Gasteiger partial charge on any atom is 0.243 e. The van der Waals surface area contributed by atoms with Crippen molar-refractivity contribution in [1.82, 2.24) is 9.21 Å². The molecule has 184 valence electrons. The van der Waals surface area contributed by atoms with Gasteiger partial charge >= 0.3 is 0 Å². The molecule has 0 aliphatic carbocycles. The molecule has 2 rings (SSSR count). The lowest BCUT2D eigenvalue weighted by Gasteiger charge is -2.34. The summed E-state index contributed by atoms with van der Waals surface area (Å²) in [5, 5.41) is 9.71. The zero-order valence-corrected chi connectivity index (χ0v) is 20.6. The Hall–Kier alpha value is -1.91. The molecule has 0 aromatic heterocycles. The van der Waals surface area contributed by atoms with Gasteiger partial charge in [0.1, 0.15) is 11.6 Å². The number of halogens is 2. The number of nitrogens with zero attached hydrogens (tertiary/aromatic N) is 2. The number of benzene rings is 2. The summed E-state index contributed by atoms with van der Waals surface area (Å²) in [7, 11) is -0.543. The molecule has 0 fully saturated rings. The SMILES string of the molecule is CO[C@H](CN(C)Cc1cc(F)ccc1F)[C@H](C)CN([C@@H](C)CO)S(=O)(=O)c1ccc(C)cc1. The number of hydrogen-bond acceptors (Lipinski definition) is 5. The summed E-state index contributed by atoms with van der Waals surface area (Å²) in [5.41, 5.74) is 1.18. The normalized spacial score (nSPS) is 15.1. The second-order valence-corrected chi connectivity index (χ2v) is 10.5. The minimum Gasteiger partial charge on any atom is -0.395 e. The Morgan fingerprint density at radius 3 is 2.27 bits per heavy atom. The van der Waals surface area contributed by atoms with Crippen LogP contribution in [-0.2, 0) is 21.3 Å². The maximum absolute atomic E-state index is 14.0. The average Bonchev–Trinajstić information content (AvgIpc) is 2.77. The number of hydrogen-bond donors (Lipinski definition) is 1. The third-order valence-corrected chi connectivity index (χ3v) is 7.72. The van der Waals surface area contributed by atoms with E-state index in [0.29, 0.717) is 6.54 Å². The van der Waals surface area contributed by atoms with Gasteiger partial charge in [-0.3, -0.25) is 4.90 Å². The van der Waals surface area contributed by atoms with Crippen LogP contribution in [-0.4, -0.2) is 68.7 Å². The van der Waals surface area contributed by atoms with Gasteiger partial charge in [0.15, 0.2) is 0 Å². The van der Waals surface area contributed by atoms with E-state index < -0.39 is 27.7 Å². The fraction of sp³-hybridized carbons (Fsp3) is 0.500. The summed E-state index contributed by atoms with van der Waals surface area (Å²) in [5.74, 6) is -1.24. The van der Waals surface area contributed by atoms with Gasteiger partial charge in [0.25, 0.3) is 0 Å². The molecule has 0 heterocycles. The van der Waals surface area contributed by atoms with E-state index in [0.717, 1.165) is 23.8 Å². The van der Waals surface area contributed by atoms with Crippen LogP contribution in [0.1, 0.15) is 25.0 Å². The molecule has 2 aromatic rings. The summed E-state index contributed by atoms with van der Waals surface area (Å²) >= 11 is 0. The van der Waals surface area contributed by atoms with E-state index in [1.165, 1.54) is 11.4 Å². The highest BCUT2D eigenvalue weighted by molar-refractivity contribution is 7.89. The number of ether oxygens (including phenoxy) is 1. The van der Waals surface area contributed by atoms with E-state index in [4.69, 9.17) is 4.74 Å². The van der Waals surface area contributed by atoms with E-state index in [-0.39, 0.29) is 42.2 Å². The van der Waals surface area contributed by atoms with Gasteiger partial charge in [-0.1, -0.05) is 24.6 Å². The minimum atomic E-state index is -3.84. The standard InChI is InChI=1S/C24H34F2N2O4S/c1-17-6-9-22(10-7-17)33(30,31)28(19(3)16-29)13-18(2)24(32-5)15-27(4)14-20-12-21(25)8-11-23(20)26/h6-12,18-19,24,29H,13-16H2,1-5H3/t18-,19+,24-/m1/s1. The highest BCUT2D eigenvalue weighted by Gasteiger charge is 2.32. The number of aliphatic hydroxyl groups is 1. The highest BCUT2D eigenvalue weighted by Crippen LogP contribution is 2.23. The van der Waals surface area contributed by atoms with Gasteiger partial charge in [0.05, 0.1) is 17.6 Å². The van der Waals surface area contributed by atoms with Crippen LogP contribution in [0.3, 0.4) is 0 Å². The molecule has 3 atom stereocenters. The Morgan fingerprint density at radius 1 is 1.06 bits per heavy atom. The number of rotatable bonds is 12. The molecule has 0 bridgehead atoms. The maximum atomic E-state index is 14.0. The zero-order valence-electron chi connectivity index (χ0n) is 19.8. The number of methoxy groups -OCH3 is 1. The zero-order chi connectivity index (χ0) is 24.8. The van der Waals surface area contributed by atoms with Crippen LogP contribution in [0, 0.1) is 24.5 Å². The topological polar surface area (TPSA) is 70.1 Å². The molecule has 9 heteroatoms. The highest BCUT2D eigenvalue weighted by atomic mass is 32.2. The van der Waals surface area contributed by atoms with E-state index in [9.17, 15) is 22.3 Å². The molecule has 6 nitrogen and oxygen atoms in total. The van der Waals surface area contributed by atoms with Crippen molar-refractivity contribution >= 4 is 10.0 Å². The number of sulfonamides is 1. The molecule has 0 aliphatic rings. The van der Waals surface area contributed by atoms with Crippen LogP contribution < -0.4 is 0 Å². The van der Waals surface area contributed by atoms with Gasteiger partial charge in [0, 0.05) is 38.3 Å². The van der Waals surface area contributed by atoms with Gasteiger partial charge < -0.3 is 9.84 Å². The molecule has 0 spiro atoms. The van der Waals surface area contributed by atoms with Crippen molar-refractivity contribution in [3.63, 3.8) is 0 Å². The van der Waals surface area contributed by atoms with Crippen molar-refractivity contribution in [3.05, 3.63) is 65.2 Å². The smallest absolute Gasteiger partial charge is 0.243 e. The van der Waals surface area contributed by atoms with Crippen molar-refractivity contribution in [2.24, 2.45) is 5.92 Å². The van der Waals surface area contributed by atoms with Crippen LogP contribution in [0.2, 0.25) is 0 Å². The lowest BCUT2D eigenvalue weighted by atomic mass is 10.0.